The molecule has 20 heavy (non-hydrogen) atoms. The Kier molecular flexibility index (Phi) is 4.68. The maximum Gasteiger partial charge on any atom is 0.140 e. The molecule has 0 spiro atoms. The summed E-state index contributed by atoms with van der Waals surface area (Å²) in [6, 6.07) is 10.6. The van der Waals surface area contributed by atoms with Crippen LogP contribution in [0.5, 0.6) is 11.5 Å². The number of aryl methyl sites for hydroxylation is 1. The number of rotatable bonds is 4. The first-order valence-corrected chi connectivity index (χ1v) is 7.62. The number of nitrogens with two attached hydrogens (primary N) is 1. The van der Waals surface area contributed by atoms with Crippen LogP contribution in [-0.2, 0) is 0 Å². The first kappa shape index (κ1) is 14.9. The van der Waals surface area contributed by atoms with Crippen molar-refractivity contribution in [3.05, 3.63) is 53.3 Å². The van der Waals surface area contributed by atoms with E-state index in [1.165, 1.54) is 6.07 Å². The SMILES string of the molecule is CSc1ccccc1Oc1cc(C)c(F)cc1[C@@H](C)N. The number of benzene rings is 2. The van der Waals surface area contributed by atoms with Gasteiger partial charge in [0.2, 0.25) is 0 Å². The van der Waals surface area contributed by atoms with Gasteiger partial charge < -0.3 is 10.5 Å². The van der Waals surface area contributed by atoms with Crippen molar-refractivity contribution in [2.24, 2.45) is 5.73 Å². The van der Waals surface area contributed by atoms with Crippen molar-refractivity contribution in [1.29, 1.82) is 0 Å². The molecule has 2 aromatic carbocycles. The molecule has 0 aliphatic heterocycles. The van der Waals surface area contributed by atoms with Crippen LogP contribution in [0.15, 0.2) is 41.3 Å². The van der Waals surface area contributed by atoms with E-state index in [4.69, 9.17) is 10.5 Å². The summed E-state index contributed by atoms with van der Waals surface area (Å²) in [5.74, 6) is 1.11. The fraction of sp³-hybridized carbons (Fsp3) is 0.250. The van der Waals surface area contributed by atoms with Crippen LogP contribution in [0.25, 0.3) is 0 Å². The highest BCUT2D eigenvalue weighted by Gasteiger charge is 2.14. The number of hydrogen-bond acceptors (Lipinski definition) is 3. The van der Waals surface area contributed by atoms with Crippen molar-refractivity contribution in [3.8, 4) is 11.5 Å². The van der Waals surface area contributed by atoms with Gasteiger partial charge in [-0.25, -0.2) is 4.39 Å². The third kappa shape index (κ3) is 3.14. The number of halogens is 1. The van der Waals surface area contributed by atoms with Crippen LogP contribution in [0.3, 0.4) is 0 Å². The summed E-state index contributed by atoms with van der Waals surface area (Å²) in [6.45, 7) is 3.53. The predicted molar refractivity (Wildman–Crippen MR) is 82.0 cm³/mol. The van der Waals surface area contributed by atoms with Gasteiger partial charge in [0.15, 0.2) is 0 Å². The zero-order valence-electron chi connectivity index (χ0n) is 11.8. The predicted octanol–water partition coefficient (Wildman–Crippen LogP) is 4.67. The molecule has 0 bridgehead atoms. The highest BCUT2D eigenvalue weighted by Crippen LogP contribution is 2.35. The van der Waals surface area contributed by atoms with Crippen molar-refractivity contribution in [1.82, 2.24) is 0 Å². The maximum atomic E-state index is 13.7. The molecule has 0 saturated heterocycles. The molecule has 0 unspecified atom stereocenters. The lowest BCUT2D eigenvalue weighted by molar-refractivity contribution is 0.458. The van der Waals surface area contributed by atoms with Gasteiger partial charge in [-0.2, -0.15) is 0 Å². The first-order valence-electron chi connectivity index (χ1n) is 6.39. The largest absolute Gasteiger partial charge is 0.456 e. The molecule has 0 heterocycles. The zero-order chi connectivity index (χ0) is 14.7. The smallest absolute Gasteiger partial charge is 0.140 e. The average Bonchev–Trinajstić information content (AvgIpc) is 2.43. The number of thioether (sulfide) groups is 1. The van der Waals surface area contributed by atoms with E-state index >= 15 is 0 Å². The van der Waals surface area contributed by atoms with Crippen LogP contribution in [-0.4, -0.2) is 6.26 Å². The monoisotopic (exact) mass is 291 g/mol. The van der Waals surface area contributed by atoms with Crippen LogP contribution < -0.4 is 10.5 Å². The molecule has 0 fully saturated rings. The summed E-state index contributed by atoms with van der Waals surface area (Å²) in [5.41, 5.74) is 7.12. The normalized spacial score (nSPS) is 12.2. The van der Waals surface area contributed by atoms with Gasteiger partial charge in [0.25, 0.3) is 0 Å². The minimum Gasteiger partial charge on any atom is -0.456 e. The van der Waals surface area contributed by atoms with Crippen molar-refractivity contribution < 1.29 is 9.13 Å². The van der Waals surface area contributed by atoms with Gasteiger partial charge in [-0.3, -0.25) is 0 Å². The Labute approximate surface area is 123 Å². The third-order valence-corrected chi connectivity index (χ3v) is 3.85. The molecule has 4 heteroatoms. The quantitative estimate of drug-likeness (QED) is 0.832. The molecule has 0 radical (unpaired) electrons. The number of ether oxygens (including phenoxy) is 1. The number of hydrogen-bond donors (Lipinski definition) is 1. The first-order chi connectivity index (χ1) is 9.52. The van der Waals surface area contributed by atoms with Crippen LogP contribution in [0.4, 0.5) is 4.39 Å². The fourth-order valence-electron chi connectivity index (χ4n) is 1.94. The Balaban J connectivity index is 2.45. The standard InChI is InChI=1S/C16H18FNOS/c1-10-8-15(12(11(2)18)9-13(10)17)19-14-6-4-5-7-16(14)20-3/h4-9,11H,18H2,1-3H3/t11-/m1/s1. The molecule has 106 valence electrons. The van der Waals surface area contributed by atoms with Crippen molar-refractivity contribution >= 4 is 11.8 Å². The summed E-state index contributed by atoms with van der Waals surface area (Å²) in [7, 11) is 0. The summed E-state index contributed by atoms with van der Waals surface area (Å²) in [6.07, 6.45) is 1.99. The van der Waals surface area contributed by atoms with Crippen molar-refractivity contribution in [2.45, 2.75) is 24.8 Å². The molecule has 2 aromatic rings. The van der Waals surface area contributed by atoms with Gasteiger partial charge >= 0.3 is 0 Å². The molecule has 0 aliphatic rings. The van der Waals surface area contributed by atoms with Gasteiger partial charge in [0.1, 0.15) is 17.3 Å². The Hall–Kier alpha value is -1.52. The van der Waals surface area contributed by atoms with E-state index < -0.39 is 0 Å². The zero-order valence-corrected chi connectivity index (χ0v) is 12.6. The molecule has 0 aliphatic carbocycles. The van der Waals surface area contributed by atoms with E-state index in [0.717, 1.165) is 10.6 Å². The molecular formula is C16H18FNOS. The fourth-order valence-corrected chi connectivity index (χ4v) is 2.46. The minimum absolute atomic E-state index is 0.261. The highest BCUT2D eigenvalue weighted by atomic mass is 32.2. The maximum absolute atomic E-state index is 13.7. The molecule has 2 nitrogen and oxygen atoms in total. The van der Waals surface area contributed by atoms with E-state index in [2.05, 4.69) is 0 Å². The topological polar surface area (TPSA) is 35.2 Å². The van der Waals surface area contributed by atoms with Crippen LogP contribution in [0.1, 0.15) is 24.1 Å². The van der Waals surface area contributed by atoms with Gasteiger partial charge in [0, 0.05) is 16.5 Å². The van der Waals surface area contributed by atoms with Crippen molar-refractivity contribution in [3.63, 3.8) is 0 Å². The second-order valence-electron chi connectivity index (χ2n) is 4.68. The van der Waals surface area contributed by atoms with E-state index in [1.54, 1.807) is 24.8 Å². The Morgan fingerprint density at radius 3 is 2.55 bits per heavy atom. The molecule has 1 atom stereocenters. The van der Waals surface area contributed by atoms with E-state index in [1.807, 2.05) is 37.4 Å². The van der Waals surface area contributed by atoms with Crippen LogP contribution >= 0.6 is 11.8 Å². The summed E-state index contributed by atoms with van der Waals surface area (Å²) in [4.78, 5) is 1.03. The lowest BCUT2D eigenvalue weighted by Crippen LogP contribution is -2.08. The summed E-state index contributed by atoms with van der Waals surface area (Å²) < 4.78 is 19.6. The molecule has 0 saturated carbocycles. The molecule has 0 aromatic heterocycles. The molecule has 0 amide bonds. The van der Waals surface area contributed by atoms with Gasteiger partial charge in [-0.1, -0.05) is 12.1 Å². The number of para-hydroxylation sites is 1. The van der Waals surface area contributed by atoms with Crippen LogP contribution in [0.2, 0.25) is 0 Å². The minimum atomic E-state index is -0.290. The average molecular weight is 291 g/mol. The van der Waals surface area contributed by atoms with E-state index in [0.29, 0.717) is 16.9 Å². The second kappa shape index (κ2) is 6.29. The molecular weight excluding hydrogens is 273 g/mol. The van der Waals surface area contributed by atoms with Gasteiger partial charge in [-0.05, 0) is 49.9 Å². The lowest BCUT2D eigenvalue weighted by Gasteiger charge is -2.16. The summed E-state index contributed by atoms with van der Waals surface area (Å²) in [5, 5.41) is 0. The van der Waals surface area contributed by atoms with Gasteiger partial charge in [0.05, 0.1) is 0 Å². The Morgan fingerprint density at radius 1 is 1.20 bits per heavy atom. The van der Waals surface area contributed by atoms with Crippen molar-refractivity contribution in [2.75, 3.05) is 6.26 Å². The van der Waals surface area contributed by atoms with E-state index in [-0.39, 0.29) is 11.9 Å². The summed E-state index contributed by atoms with van der Waals surface area (Å²) >= 11 is 1.61. The molecule has 2 rings (SSSR count). The molecule has 2 N–H and O–H groups in total. The highest BCUT2D eigenvalue weighted by molar-refractivity contribution is 7.98. The Bertz CT molecular complexity index is 613. The lowest BCUT2D eigenvalue weighted by atomic mass is 10.1. The van der Waals surface area contributed by atoms with Crippen LogP contribution in [0, 0.1) is 12.7 Å². The van der Waals surface area contributed by atoms with E-state index in [9.17, 15) is 4.39 Å². The van der Waals surface area contributed by atoms with Gasteiger partial charge in [-0.15, -0.1) is 11.8 Å². The Morgan fingerprint density at radius 2 is 1.90 bits per heavy atom. The second-order valence-corrected chi connectivity index (χ2v) is 5.53. The third-order valence-electron chi connectivity index (χ3n) is 3.07.